The molecule has 4 aromatic rings. The highest BCUT2D eigenvalue weighted by atomic mass is 32.1. The zero-order valence-corrected chi connectivity index (χ0v) is 17.3. The highest BCUT2D eigenvalue weighted by molar-refractivity contribution is 7.20. The Morgan fingerprint density at radius 1 is 1.29 bits per heavy atom. The van der Waals surface area contributed by atoms with Crippen LogP contribution in [0.25, 0.3) is 15.3 Å². The van der Waals surface area contributed by atoms with Gasteiger partial charge in [-0.1, -0.05) is 11.3 Å². The number of hydrogen-bond donors (Lipinski definition) is 1. The van der Waals surface area contributed by atoms with Gasteiger partial charge in [-0.05, 0) is 49.1 Å². The Bertz CT molecular complexity index is 1220. The zero-order chi connectivity index (χ0) is 19.4. The summed E-state index contributed by atoms with van der Waals surface area (Å²) >= 11 is 3.23. The maximum absolute atomic E-state index is 12.5. The number of nitrogens with one attached hydrogen (secondary N) is 1. The van der Waals surface area contributed by atoms with Crippen molar-refractivity contribution in [1.29, 1.82) is 0 Å². The van der Waals surface area contributed by atoms with E-state index in [2.05, 4.69) is 23.7 Å². The lowest BCUT2D eigenvalue weighted by Gasteiger charge is -2.23. The van der Waals surface area contributed by atoms with Crippen LogP contribution in [0.1, 0.15) is 34.0 Å². The number of ether oxygens (including phenoxy) is 1. The van der Waals surface area contributed by atoms with Gasteiger partial charge in [-0.3, -0.25) is 4.79 Å². The zero-order valence-electron chi connectivity index (χ0n) is 15.6. The molecule has 6 nitrogen and oxygen atoms in total. The van der Waals surface area contributed by atoms with Gasteiger partial charge in [-0.2, -0.15) is 9.78 Å². The second-order valence-corrected chi connectivity index (χ2v) is 8.82. The third-order valence-corrected chi connectivity index (χ3v) is 7.21. The number of amides is 1. The van der Waals surface area contributed by atoms with Crippen LogP contribution in [0.5, 0.6) is 5.75 Å². The summed E-state index contributed by atoms with van der Waals surface area (Å²) in [6, 6.07) is 7.91. The third kappa shape index (κ3) is 2.63. The van der Waals surface area contributed by atoms with Gasteiger partial charge in [0.25, 0.3) is 0 Å². The van der Waals surface area contributed by atoms with E-state index in [1.807, 2.05) is 25.1 Å². The molecule has 28 heavy (non-hydrogen) atoms. The number of benzene rings is 1. The summed E-state index contributed by atoms with van der Waals surface area (Å²) in [5.41, 5.74) is 4.11. The molecule has 0 bridgehead atoms. The maximum Gasteiger partial charge on any atom is 0.226 e. The maximum atomic E-state index is 12.5. The van der Waals surface area contributed by atoms with Gasteiger partial charge >= 0.3 is 0 Å². The standard InChI is InChI=1S/C20H18N4O2S2/c1-10-6-7-27-18(10)13-9-16(25)22-19-17(13)11(2)23-24(19)20-21-14-5-4-12(26-3)8-15(14)28-20/h4-8,13H,9H2,1-3H3,(H,22,25). The molecule has 4 heterocycles. The first-order valence-corrected chi connectivity index (χ1v) is 10.6. The Labute approximate surface area is 169 Å². The van der Waals surface area contributed by atoms with Crippen molar-refractivity contribution in [3.63, 3.8) is 0 Å². The summed E-state index contributed by atoms with van der Waals surface area (Å²) in [6.07, 6.45) is 0.442. The fourth-order valence-electron chi connectivity index (χ4n) is 3.76. The SMILES string of the molecule is COc1ccc2nc(-n3nc(C)c4c3NC(=O)CC4c3sccc3C)sc2c1. The van der Waals surface area contributed by atoms with E-state index in [1.54, 1.807) is 23.1 Å². The number of nitrogens with zero attached hydrogens (tertiary/aromatic N) is 3. The number of fused-ring (bicyclic) bond motifs is 2. The summed E-state index contributed by atoms with van der Waals surface area (Å²) in [7, 11) is 1.65. The second-order valence-electron chi connectivity index (χ2n) is 6.86. The van der Waals surface area contributed by atoms with Crippen LogP contribution < -0.4 is 10.1 Å². The molecule has 1 aliphatic rings. The first-order valence-electron chi connectivity index (χ1n) is 8.93. The summed E-state index contributed by atoms with van der Waals surface area (Å²) < 4.78 is 8.10. The van der Waals surface area contributed by atoms with Crippen molar-refractivity contribution in [2.45, 2.75) is 26.2 Å². The van der Waals surface area contributed by atoms with Gasteiger partial charge in [-0.15, -0.1) is 11.3 Å². The Morgan fingerprint density at radius 3 is 2.89 bits per heavy atom. The van der Waals surface area contributed by atoms with E-state index in [0.717, 1.165) is 38.2 Å². The van der Waals surface area contributed by atoms with Crippen molar-refractivity contribution in [2.75, 3.05) is 12.4 Å². The van der Waals surface area contributed by atoms with E-state index in [4.69, 9.17) is 14.8 Å². The lowest BCUT2D eigenvalue weighted by Crippen LogP contribution is -2.24. The minimum absolute atomic E-state index is 0.00855. The summed E-state index contributed by atoms with van der Waals surface area (Å²) in [4.78, 5) is 18.5. The predicted octanol–water partition coefficient (Wildman–Crippen LogP) is 4.64. The number of anilines is 1. The molecule has 0 saturated carbocycles. The van der Waals surface area contributed by atoms with E-state index >= 15 is 0 Å². The van der Waals surface area contributed by atoms with Crippen LogP contribution in [0.15, 0.2) is 29.6 Å². The fourth-order valence-corrected chi connectivity index (χ4v) is 5.75. The Balaban J connectivity index is 1.67. The van der Waals surface area contributed by atoms with Gasteiger partial charge in [0.05, 0.1) is 23.0 Å². The molecule has 0 aliphatic carbocycles. The molecule has 1 atom stereocenters. The Hall–Kier alpha value is -2.71. The van der Waals surface area contributed by atoms with Crippen molar-refractivity contribution in [3.05, 3.63) is 51.3 Å². The number of aromatic nitrogens is 3. The summed E-state index contributed by atoms with van der Waals surface area (Å²) in [5, 5.41) is 10.6. The van der Waals surface area contributed by atoms with Gasteiger partial charge in [0.15, 0.2) is 0 Å². The predicted molar refractivity (Wildman–Crippen MR) is 112 cm³/mol. The van der Waals surface area contributed by atoms with E-state index in [9.17, 15) is 4.79 Å². The Morgan fingerprint density at radius 2 is 2.14 bits per heavy atom. The topological polar surface area (TPSA) is 69.0 Å². The van der Waals surface area contributed by atoms with Crippen molar-refractivity contribution in [1.82, 2.24) is 14.8 Å². The van der Waals surface area contributed by atoms with Crippen LogP contribution in [0.3, 0.4) is 0 Å². The van der Waals surface area contributed by atoms with Crippen LogP contribution >= 0.6 is 22.7 Å². The van der Waals surface area contributed by atoms with E-state index in [-0.39, 0.29) is 11.8 Å². The summed E-state index contributed by atoms with van der Waals surface area (Å²) in [5.74, 6) is 1.57. The van der Waals surface area contributed by atoms with E-state index in [1.165, 1.54) is 21.8 Å². The van der Waals surface area contributed by atoms with Crippen molar-refractivity contribution in [3.8, 4) is 10.9 Å². The largest absolute Gasteiger partial charge is 0.497 e. The normalized spacial score (nSPS) is 16.2. The number of carbonyl (C=O) groups is 1. The van der Waals surface area contributed by atoms with Crippen molar-refractivity contribution < 1.29 is 9.53 Å². The van der Waals surface area contributed by atoms with Crippen LogP contribution in [-0.2, 0) is 4.79 Å². The quantitative estimate of drug-likeness (QED) is 0.534. The van der Waals surface area contributed by atoms with Crippen LogP contribution in [-0.4, -0.2) is 27.8 Å². The number of aryl methyl sites for hydroxylation is 2. The van der Waals surface area contributed by atoms with Gasteiger partial charge in [0.2, 0.25) is 11.0 Å². The lowest BCUT2D eigenvalue weighted by atomic mass is 9.89. The van der Waals surface area contributed by atoms with Gasteiger partial charge in [-0.25, -0.2) is 4.98 Å². The van der Waals surface area contributed by atoms with E-state index < -0.39 is 0 Å². The molecule has 0 saturated heterocycles. The lowest BCUT2D eigenvalue weighted by molar-refractivity contribution is -0.116. The monoisotopic (exact) mass is 410 g/mol. The minimum atomic E-state index is 0.00855. The van der Waals surface area contributed by atoms with Crippen molar-refractivity contribution >= 4 is 44.6 Å². The average Bonchev–Trinajstić information content (AvgIpc) is 3.37. The molecular formula is C20H18N4O2S2. The number of thiazole rings is 1. The molecule has 8 heteroatoms. The number of rotatable bonds is 3. The third-order valence-electron chi connectivity index (χ3n) is 5.09. The first-order chi connectivity index (χ1) is 13.5. The second kappa shape index (κ2) is 6.42. The fraction of sp³-hybridized carbons (Fsp3) is 0.250. The van der Waals surface area contributed by atoms with Gasteiger partial charge < -0.3 is 10.1 Å². The van der Waals surface area contributed by atoms with E-state index in [0.29, 0.717) is 6.42 Å². The number of carbonyl (C=O) groups excluding carboxylic acids is 1. The minimum Gasteiger partial charge on any atom is -0.497 e. The van der Waals surface area contributed by atoms with Crippen molar-refractivity contribution in [2.24, 2.45) is 0 Å². The van der Waals surface area contributed by atoms with Gasteiger partial charge in [0.1, 0.15) is 11.6 Å². The molecular weight excluding hydrogens is 392 g/mol. The van der Waals surface area contributed by atoms with Crippen LogP contribution in [0.4, 0.5) is 5.82 Å². The number of thiophene rings is 1. The molecule has 5 rings (SSSR count). The molecule has 1 aromatic carbocycles. The highest BCUT2D eigenvalue weighted by Crippen LogP contribution is 2.43. The van der Waals surface area contributed by atoms with Crippen LogP contribution in [0.2, 0.25) is 0 Å². The molecule has 142 valence electrons. The molecule has 1 aliphatic heterocycles. The smallest absolute Gasteiger partial charge is 0.226 e. The number of hydrogen-bond acceptors (Lipinski definition) is 6. The molecule has 1 amide bonds. The molecule has 0 radical (unpaired) electrons. The Kier molecular flexibility index (Phi) is 3.99. The van der Waals surface area contributed by atoms with Crippen LogP contribution in [0, 0.1) is 13.8 Å². The molecule has 3 aromatic heterocycles. The summed E-state index contributed by atoms with van der Waals surface area (Å²) in [6.45, 7) is 4.10. The average molecular weight is 411 g/mol. The van der Waals surface area contributed by atoms with Gasteiger partial charge in [0, 0.05) is 22.8 Å². The first kappa shape index (κ1) is 17.4. The number of methoxy groups -OCH3 is 1. The molecule has 0 spiro atoms. The molecule has 0 fully saturated rings. The highest BCUT2D eigenvalue weighted by Gasteiger charge is 2.34. The molecule has 1 unspecified atom stereocenters. The molecule has 1 N–H and O–H groups in total.